The summed E-state index contributed by atoms with van der Waals surface area (Å²) >= 11 is 0. The molecule has 0 fully saturated rings. The first-order chi connectivity index (χ1) is 20.7. The Hall–Kier alpha value is -2.41. The van der Waals surface area contributed by atoms with Crippen molar-refractivity contribution >= 4 is 30.4 Å². The van der Waals surface area contributed by atoms with Gasteiger partial charge in [-0.25, -0.2) is 25.3 Å². The molecule has 0 aliphatic carbocycles. The number of rotatable bonds is 12. The Labute approximate surface area is 286 Å². The van der Waals surface area contributed by atoms with Crippen LogP contribution in [0.3, 0.4) is 0 Å². The van der Waals surface area contributed by atoms with Gasteiger partial charge in [0.2, 0.25) is 0 Å². The maximum atomic E-state index is 10.4. The van der Waals surface area contributed by atoms with Gasteiger partial charge in [0.05, 0.1) is 48.9 Å². The quantitative estimate of drug-likeness (QED) is 0.0823. The normalized spacial score (nSPS) is 21.1. The monoisotopic (exact) mass is 893 g/mol. The smallest absolute Gasteiger partial charge is 0.748 e. The number of nitrogens with zero attached hydrogens (tertiary/aromatic N) is 3. The summed E-state index contributed by atoms with van der Waals surface area (Å²) in [6, 6.07) is 0. The van der Waals surface area contributed by atoms with Gasteiger partial charge in [0.1, 0.15) is 17.5 Å². The third-order valence-corrected chi connectivity index (χ3v) is 8.55. The molecule has 18 nitrogen and oxygen atoms in total. The van der Waals surface area contributed by atoms with Crippen molar-refractivity contribution in [2.75, 3.05) is 36.9 Å². The van der Waals surface area contributed by atoms with E-state index in [1.165, 1.54) is 0 Å². The average Bonchev–Trinajstić information content (AvgIpc) is 2.88. The van der Waals surface area contributed by atoms with Gasteiger partial charge in [0, 0.05) is 36.9 Å². The fraction of sp³-hybridized carbons (Fsp3) is 0.500. The Kier molecular flexibility index (Phi) is 19.0. The second kappa shape index (κ2) is 20.1. The summed E-state index contributed by atoms with van der Waals surface area (Å²) in [5.41, 5.74) is 34.1. The third kappa shape index (κ3) is 18.7. The first kappa shape index (κ1) is 43.6. The first-order valence-electron chi connectivity index (χ1n) is 13.5. The van der Waals surface area contributed by atoms with Crippen molar-refractivity contribution in [2.45, 2.75) is 37.8 Å². The molecule has 0 amide bonds. The second-order valence-corrected chi connectivity index (χ2v) is 14.4. The Bertz CT molecular complexity index is 1310. The fourth-order valence-electron chi connectivity index (χ4n) is 3.99. The minimum absolute atomic E-state index is 0. The van der Waals surface area contributed by atoms with Crippen molar-refractivity contribution in [1.82, 2.24) is 14.7 Å². The molecule has 3 heterocycles. The zero-order valence-corrected chi connectivity index (χ0v) is 29.4. The summed E-state index contributed by atoms with van der Waals surface area (Å²) in [6.07, 6.45) is 15.1. The molecule has 12 N–H and O–H groups in total. The van der Waals surface area contributed by atoms with Gasteiger partial charge in [-0.05, 0) is 55.7 Å². The predicted octanol–water partition coefficient (Wildman–Crippen LogP) is -3.37. The minimum atomic E-state index is -4.16. The van der Waals surface area contributed by atoms with Gasteiger partial charge >= 0.3 is 22.4 Å². The summed E-state index contributed by atoms with van der Waals surface area (Å²) in [4.78, 5) is 4.93. The van der Waals surface area contributed by atoms with Gasteiger partial charge in [-0.2, -0.15) is 0 Å². The van der Waals surface area contributed by atoms with Crippen molar-refractivity contribution in [3.8, 4) is 0 Å². The molecule has 46 heavy (non-hydrogen) atoms. The summed E-state index contributed by atoms with van der Waals surface area (Å²) in [5.74, 6) is 0.253. The Morgan fingerprint density at radius 2 is 0.739 bits per heavy atom. The maximum absolute atomic E-state index is 10.4. The zero-order chi connectivity index (χ0) is 34.4. The van der Waals surface area contributed by atoms with E-state index in [0.717, 1.165) is 0 Å². The van der Waals surface area contributed by atoms with Crippen molar-refractivity contribution < 1.29 is 61.3 Å². The maximum Gasteiger partial charge on any atom is 3.00 e. The molecule has 3 atom stereocenters. The Balaban J connectivity index is 0.000000653. The summed E-state index contributed by atoms with van der Waals surface area (Å²) in [5, 5.41) is 0. The van der Waals surface area contributed by atoms with E-state index in [4.69, 9.17) is 34.4 Å². The molecular formula is C24H42AuN9O9S3. The van der Waals surface area contributed by atoms with Crippen LogP contribution >= 0.6 is 0 Å². The summed E-state index contributed by atoms with van der Waals surface area (Å²) in [7, 11) is -12.5. The van der Waals surface area contributed by atoms with Crippen LogP contribution in [0.25, 0.3) is 0 Å². The van der Waals surface area contributed by atoms with Gasteiger partial charge < -0.3 is 62.8 Å². The zero-order valence-electron chi connectivity index (χ0n) is 24.8. The standard InChI is InChI=1S/3C8H15N3O3S.Au/c3*9-7-3-1-4-8(10)11(7)5-2-6-15(12,13)14;/h3*1,3-4,7H,2,5-6,9-10H2,(H,12,13,14);/q;;;+3/p-3. The predicted molar refractivity (Wildman–Crippen MR) is 166 cm³/mol. The van der Waals surface area contributed by atoms with Crippen molar-refractivity contribution in [3.05, 3.63) is 72.1 Å². The van der Waals surface area contributed by atoms with Crippen LogP contribution in [-0.2, 0) is 52.7 Å². The third-order valence-electron chi connectivity index (χ3n) is 6.18. The second-order valence-electron chi connectivity index (χ2n) is 9.83. The molecule has 3 aliphatic rings. The molecule has 0 aromatic carbocycles. The van der Waals surface area contributed by atoms with Gasteiger partial charge in [-0.1, -0.05) is 18.2 Å². The number of hydrogen-bond donors (Lipinski definition) is 6. The molecule has 0 radical (unpaired) electrons. The van der Waals surface area contributed by atoms with E-state index in [-0.39, 0.29) is 60.1 Å². The molecule has 22 heteroatoms. The minimum Gasteiger partial charge on any atom is -0.748 e. The van der Waals surface area contributed by atoms with Crippen LogP contribution in [0.1, 0.15) is 19.3 Å². The SMILES string of the molecule is NC1=CC=CC(N)N1CCCS(=O)(=O)[O-].NC1=CC=CC(N)N1CCCS(=O)(=O)[O-].NC1=CC=CC(N)N1CCCS(=O)(=O)[O-].[Au+3]. The van der Waals surface area contributed by atoms with Crippen LogP contribution in [-0.4, -0.2) is 109 Å². The summed E-state index contributed by atoms with van der Waals surface area (Å²) < 4.78 is 93.3. The van der Waals surface area contributed by atoms with Crippen LogP contribution in [0.5, 0.6) is 0 Å². The van der Waals surface area contributed by atoms with Gasteiger partial charge in [-0.3, -0.25) is 0 Å². The van der Waals surface area contributed by atoms with Gasteiger partial charge in [0.25, 0.3) is 0 Å². The van der Waals surface area contributed by atoms with Crippen LogP contribution in [0.2, 0.25) is 0 Å². The Morgan fingerprint density at radius 1 is 0.522 bits per heavy atom. The van der Waals surface area contributed by atoms with E-state index in [1.807, 2.05) is 0 Å². The van der Waals surface area contributed by atoms with Crippen molar-refractivity contribution in [1.29, 1.82) is 0 Å². The molecule has 3 aliphatic heterocycles. The molecular weight excluding hydrogens is 851 g/mol. The molecule has 0 bridgehead atoms. The topological polar surface area (TPSA) is 337 Å². The molecule has 3 unspecified atom stereocenters. The van der Waals surface area contributed by atoms with Crippen LogP contribution in [0.4, 0.5) is 0 Å². The average molecular weight is 894 g/mol. The van der Waals surface area contributed by atoms with Crippen LogP contribution < -0.4 is 34.4 Å². The molecule has 0 aromatic heterocycles. The molecule has 0 saturated heterocycles. The first-order valence-corrected chi connectivity index (χ1v) is 18.2. The number of allylic oxidation sites excluding steroid dienone is 6. The van der Waals surface area contributed by atoms with Crippen molar-refractivity contribution in [2.24, 2.45) is 34.4 Å². The van der Waals surface area contributed by atoms with E-state index < -0.39 is 47.6 Å². The largest absolute Gasteiger partial charge is 3.00 e. The Morgan fingerprint density at radius 3 is 0.913 bits per heavy atom. The van der Waals surface area contributed by atoms with E-state index in [0.29, 0.717) is 37.1 Å². The van der Waals surface area contributed by atoms with E-state index in [1.54, 1.807) is 69.4 Å². The van der Waals surface area contributed by atoms with E-state index in [9.17, 15) is 38.9 Å². The van der Waals surface area contributed by atoms with Crippen LogP contribution in [0.15, 0.2) is 72.1 Å². The molecule has 0 aromatic rings. The molecule has 0 spiro atoms. The molecule has 3 rings (SSSR count). The fourth-order valence-corrected chi connectivity index (χ4v) is 5.44. The van der Waals surface area contributed by atoms with E-state index in [2.05, 4.69) is 0 Å². The molecule has 0 saturated carbocycles. The van der Waals surface area contributed by atoms with E-state index >= 15 is 0 Å². The molecule has 266 valence electrons. The van der Waals surface area contributed by atoms with Gasteiger partial charge in [0.15, 0.2) is 0 Å². The summed E-state index contributed by atoms with van der Waals surface area (Å²) in [6.45, 7) is 1.07. The number of nitrogens with two attached hydrogens (primary N) is 6. The number of hydrogen-bond acceptors (Lipinski definition) is 18. The van der Waals surface area contributed by atoms with Crippen molar-refractivity contribution in [3.63, 3.8) is 0 Å². The van der Waals surface area contributed by atoms with Crippen LogP contribution in [0, 0.1) is 0 Å². The van der Waals surface area contributed by atoms with Gasteiger partial charge in [-0.15, -0.1) is 0 Å².